The Balaban J connectivity index is 0.000000284. The van der Waals surface area contributed by atoms with Gasteiger partial charge in [-0.2, -0.15) is 0 Å². The molecule has 0 amide bonds. The number of phenols is 1. The number of benzene rings is 2. The summed E-state index contributed by atoms with van der Waals surface area (Å²) < 4.78 is 6.13. The Kier molecular flexibility index (Phi) is 8.29. The smallest absolute Gasteiger partial charge is 0.115 e. The summed E-state index contributed by atoms with van der Waals surface area (Å²) >= 11 is 0. The highest BCUT2D eigenvalue weighted by molar-refractivity contribution is 5.38. The number of ether oxygens (including phenoxy) is 1. The first-order valence-electron chi connectivity index (χ1n) is 9.98. The summed E-state index contributed by atoms with van der Waals surface area (Å²) in [5.74, 6) is 0.952. The molecule has 0 aromatic heterocycles. The molecule has 0 spiro atoms. The van der Waals surface area contributed by atoms with Crippen LogP contribution >= 0.6 is 0 Å². The molecule has 1 atom stereocenters. The molecule has 1 heterocycles. The molecule has 0 fully saturated rings. The molecule has 1 aliphatic rings. The Morgan fingerprint density at radius 1 is 1.03 bits per heavy atom. The van der Waals surface area contributed by atoms with Gasteiger partial charge in [0.25, 0.3) is 0 Å². The molecule has 0 aliphatic carbocycles. The Bertz CT molecular complexity index is 857. The number of fused-ring (bicyclic) bond motifs is 1. The number of aliphatic hydroxyl groups excluding tert-OH is 1. The van der Waals surface area contributed by atoms with Crippen LogP contribution in [-0.2, 0) is 17.8 Å². The predicted molar refractivity (Wildman–Crippen MR) is 120 cm³/mol. The van der Waals surface area contributed by atoms with Gasteiger partial charge in [-0.3, -0.25) is 0 Å². The summed E-state index contributed by atoms with van der Waals surface area (Å²) in [7, 11) is 0. The first kappa shape index (κ1) is 22.5. The summed E-state index contributed by atoms with van der Waals surface area (Å²) in [5, 5.41) is 18.3. The van der Waals surface area contributed by atoms with Crippen molar-refractivity contribution in [3.05, 3.63) is 101 Å². The SMILES string of the molecule is CC1(C)OCc2cc(O)ccc2CC1c1ccccc1.C\C=C/C=C\C=C(/C)O. The van der Waals surface area contributed by atoms with E-state index in [1.54, 1.807) is 25.1 Å². The van der Waals surface area contributed by atoms with Crippen molar-refractivity contribution in [3.8, 4) is 5.75 Å². The molecule has 0 saturated heterocycles. The van der Waals surface area contributed by atoms with Gasteiger partial charge in [-0.15, -0.1) is 0 Å². The number of rotatable bonds is 3. The largest absolute Gasteiger partial charge is 0.513 e. The van der Waals surface area contributed by atoms with Crippen LogP contribution in [0.1, 0.15) is 50.3 Å². The Morgan fingerprint density at radius 2 is 1.76 bits per heavy atom. The Labute approximate surface area is 174 Å². The van der Waals surface area contributed by atoms with E-state index < -0.39 is 0 Å². The van der Waals surface area contributed by atoms with Crippen molar-refractivity contribution in [2.75, 3.05) is 0 Å². The average molecular weight is 393 g/mol. The molecule has 3 heteroatoms. The van der Waals surface area contributed by atoms with Crippen LogP contribution in [0.2, 0.25) is 0 Å². The van der Waals surface area contributed by atoms with Gasteiger partial charge < -0.3 is 14.9 Å². The number of hydrogen-bond acceptors (Lipinski definition) is 3. The molecule has 3 rings (SSSR count). The van der Waals surface area contributed by atoms with Crippen LogP contribution in [0.4, 0.5) is 0 Å². The van der Waals surface area contributed by atoms with Crippen molar-refractivity contribution in [3.63, 3.8) is 0 Å². The molecule has 154 valence electrons. The number of hydrogen-bond donors (Lipinski definition) is 2. The van der Waals surface area contributed by atoms with Gasteiger partial charge in [-0.1, -0.05) is 60.7 Å². The van der Waals surface area contributed by atoms with Gasteiger partial charge in [0.15, 0.2) is 0 Å². The van der Waals surface area contributed by atoms with Crippen molar-refractivity contribution in [1.29, 1.82) is 0 Å². The second-order valence-electron chi connectivity index (χ2n) is 7.73. The molecule has 1 aliphatic heterocycles. The number of aliphatic hydroxyl groups is 1. The van der Waals surface area contributed by atoms with Crippen molar-refractivity contribution in [2.45, 2.75) is 52.2 Å². The van der Waals surface area contributed by atoms with Crippen molar-refractivity contribution in [1.82, 2.24) is 0 Å². The lowest BCUT2D eigenvalue weighted by Gasteiger charge is -2.33. The van der Waals surface area contributed by atoms with Crippen molar-refractivity contribution in [2.24, 2.45) is 0 Å². The third-order valence-corrected chi connectivity index (χ3v) is 5.01. The minimum Gasteiger partial charge on any atom is -0.513 e. The zero-order valence-electron chi connectivity index (χ0n) is 17.8. The van der Waals surface area contributed by atoms with E-state index in [0.717, 1.165) is 12.0 Å². The first-order valence-corrected chi connectivity index (χ1v) is 9.98. The highest BCUT2D eigenvalue weighted by Gasteiger charge is 2.34. The first-order chi connectivity index (χ1) is 13.8. The highest BCUT2D eigenvalue weighted by atomic mass is 16.5. The van der Waals surface area contributed by atoms with E-state index in [-0.39, 0.29) is 5.60 Å². The van der Waals surface area contributed by atoms with E-state index in [4.69, 9.17) is 9.84 Å². The molecule has 3 nitrogen and oxygen atoms in total. The molecule has 0 bridgehead atoms. The molecule has 2 N–H and O–H groups in total. The van der Waals surface area contributed by atoms with E-state index in [1.807, 2.05) is 43.4 Å². The van der Waals surface area contributed by atoms with E-state index in [9.17, 15) is 5.11 Å². The molecule has 0 saturated carbocycles. The van der Waals surface area contributed by atoms with Gasteiger partial charge >= 0.3 is 0 Å². The van der Waals surface area contributed by atoms with Gasteiger partial charge in [0.1, 0.15) is 5.75 Å². The summed E-state index contributed by atoms with van der Waals surface area (Å²) in [4.78, 5) is 0. The van der Waals surface area contributed by atoms with Crippen LogP contribution in [0.15, 0.2) is 84.7 Å². The quantitative estimate of drug-likeness (QED) is 0.456. The minimum absolute atomic E-state index is 0.226. The maximum absolute atomic E-state index is 9.64. The monoisotopic (exact) mass is 392 g/mol. The summed E-state index contributed by atoms with van der Waals surface area (Å²) in [6.45, 7) is 8.44. The third kappa shape index (κ3) is 6.95. The second kappa shape index (κ2) is 10.7. The second-order valence-corrected chi connectivity index (χ2v) is 7.73. The highest BCUT2D eigenvalue weighted by Crippen LogP contribution is 2.39. The van der Waals surface area contributed by atoms with Gasteiger partial charge in [0.2, 0.25) is 0 Å². The molecule has 1 unspecified atom stereocenters. The summed E-state index contributed by atoms with van der Waals surface area (Å²) in [6, 6.07) is 16.1. The molecule has 29 heavy (non-hydrogen) atoms. The standard InChI is InChI=1S/C18H20O2.C8H12O/c1-18(2)17(13-6-4-3-5-7-13)11-14-8-9-16(19)10-15(14)12-20-18;1-3-4-5-6-7-8(2)9/h3-10,17,19H,11-12H2,1-2H3;3-7,9H,1-2H3/b;4-3-,6-5-,8-7+. The fourth-order valence-electron chi connectivity index (χ4n) is 3.35. The maximum Gasteiger partial charge on any atom is 0.115 e. The minimum atomic E-state index is -0.226. The number of phenolic OH excluding ortho intramolecular Hbond substituents is 1. The zero-order valence-corrected chi connectivity index (χ0v) is 17.8. The average Bonchev–Trinajstić information content (AvgIpc) is 2.82. The number of aromatic hydroxyl groups is 1. The summed E-state index contributed by atoms with van der Waals surface area (Å²) in [5.41, 5.74) is 3.44. The zero-order chi connectivity index (χ0) is 21.3. The van der Waals surface area contributed by atoms with Crippen LogP contribution in [0.3, 0.4) is 0 Å². The predicted octanol–water partition coefficient (Wildman–Crippen LogP) is 6.61. The summed E-state index contributed by atoms with van der Waals surface area (Å²) in [6.07, 6.45) is 10.1. The van der Waals surface area contributed by atoms with Crippen LogP contribution in [0, 0.1) is 0 Å². The normalized spacial score (nSPS) is 18.8. The lowest BCUT2D eigenvalue weighted by Crippen LogP contribution is -2.32. The Morgan fingerprint density at radius 3 is 2.41 bits per heavy atom. The molecule has 2 aromatic carbocycles. The van der Waals surface area contributed by atoms with E-state index in [2.05, 4.69) is 38.1 Å². The molecule has 0 radical (unpaired) electrons. The number of allylic oxidation sites excluding steroid dienone is 6. The van der Waals surface area contributed by atoms with Gasteiger partial charge in [-0.05, 0) is 69.0 Å². The van der Waals surface area contributed by atoms with E-state index >= 15 is 0 Å². The van der Waals surface area contributed by atoms with Crippen LogP contribution in [-0.4, -0.2) is 15.8 Å². The van der Waals surface area contributed by atoms with Crippen LogP contribution in [0.25, 0.3) is 0 Å². The van der Waals surface area contributed by atoms with Crippen molar-refractivity contribution >= 4 is 0 Å². The van der Waals surface area contributed by atoms with Crippen molar-refractivity contribution < 1.29 is 14.9 Å². The molecular formula is C26H32O3. The molecular weight excluding hydrogens is 360 g/mol. The fraction of sp³-hybridized carbons (Fsp3) is 0.308. The lowest BCUT2D eigenvalue weighted by molar-refractivity contribution is -0.0434. The van der Waals surface area contributed by atoms with Crippen LogP contribution < -0.4 is 0 Å². The van der Waals surface area contributed by atoms with E-state index in [0.29, 0.717) is 24.0 Å². The topological polar surface area (TPSA) is 49.7 Å². The van der Waals surface area contributed by atoms with Gasteiger partial charge in [0.05, 0.1) is 18.0 Å². The maximum atomic E-state index is 9.64. The third-order valence-electron chi connectivity index (χ3n) is 5.01. The van der Waals surface area contributed by atoms with E-state index in [1.165, 1.54) is 11.1 Å². The fourth-order valence-corrected chi connectivity index (χ4v) is 3.35. The molecule has 2 aromatic rings. The van der Waals surface area contributed by atoms with Gasteiger partial charge in [-0.25, -0.2) is 0 Å². The van der Waals surface area contributed by atoms with Crippen LogP contribution in [0.5, 0.6) is 5.75 Å². The lowest BCUT2D eigenvalue weighted by atomic mass is 9.80. The Hall–Kier alpha value is -2.78. The van der Waals surface area contributed by atoms with Gasteiger partial charge in [0, 0.05) is 5.92 Å².